The van der Waals surface area contributed by atoms with E-state index in [4.69, 9.17) is 28.0 Å². The summed E-state index contributed by atoms with van der Waals surface area (Å²) in [5.74, 6) is -4.53. The Hall–Kier alpha value is -3.42. The number of aliphatic imine (C=N–C) groups is 1. The van der Waals surface area contributed by atoms with E-state index in [1.54, 1.807) is 13.8 Å². The molecule has 0 bridgehead atoms. The van der Waals surface area contributed by atoms with Crippen molar-refractivity contribution >= 4 is 35.6 Å². The van der Waals surface area contributed by atoms with E-state index in [-0.39, 0.29) is 37.8 Å². The Balaban J connectivity index is 5.44. The van der Waals surface area contributed by atoms with Gasteiger partial charge >= 0.3 is 5.97 Å². The van der Waals surface area contributed by atoms with Crippen molar-refractivity contribution in [2.24, 2.45) is 33.8 Å². The molecule has 4 amide bonds. The number of guanidine groups is 1. The van der Waals surface area contributed by atoms with E-state index in [0.717, 1.165) is 0 Å². The molecule has 0 heterocycles. The number of carbonyl (C=O) groups is 5. The van der Waals surface area contributed by atoms with Crippen molar-refractivity contribution < 1.29 is 29.1 Å². The highest BCUT2D eigenvalue weighted by atomic mass is 16.4. The van der Waals surface area contributed by atoms with Gasteiger partial charge in [0.25, 0.3) is 0 Å². The molecule has 0 fully saturated rings. The van der Waals surface area contributed by atoms with Gasteiger partial charge in [-0.3, -0.25) is 29.0 Å². The summed E-state index contributed by atoms with van der Waals surface area (Å²) in [4.78, 5) is 63.5. The van der Waals surface area contributed by atoms with Gasteiger partial charge in [0.1, 0.15) is 18.1 Å². The topological polar surface area (TPSA) is 258 Å². The van der Waals surface area contributed by atoms with Gasteiger partial charge in [-0.1, -0.05) is 13.8 Å². The highest BCUT2D eigenvalue weighted by Gasteiger charge is 2.30. The molecular formula is C18H34N8O6. The summed E-state index contributed by atoms with van der Waals surface area (Å²) in [7, 11) is 0. The minimum atomic E-state index is -1.28. The summed E-state index contributed by atoms with van der Waals surface area (Å²) < 4.78 is 0. The first-order chi connectivity index (χ1) is 14.9. The molecule has 0 aliphatic rings. The Morgan fingerprint density at radius 3 is 1.94 bits per heavy atom. The molecule has 0 saturated heterocycles. The van der Waals surface area contributed by atoms with Gasteiger partial charge in [0.05, 0.1) is 6.54 Å². The smallest absolute Gasteiger partial charge is 0.303 e. The fourth-order valence-corrected chi connectivity index (χ4v) is 2.65. The Bertz CT molecular complexity index is 708. The summed E-state index contributed by atoms with van der Waals surface area (Å²) in [6.45, 7) is 3.16. The van der Waals surface area contributed by atoms with E-state index >= 15 is 0 Å². The number of hydrogen-bond donors (Lipinski definition) is 8. The number of aliphatic carboxylic acids is 1. The largest absolute Gasteiger partial charge is 0.481 e. The van der Waals surface area contributed by atoms with Crippen molar-refractivity contribution in [3.05, 3.63) is 0 Å². The quantitative estimate of drug-likeness (QED) is 0.0685. The van der Waals surface area contributed by atoms with Gasteiger partial charge in [-0.2, -0.15) is 0 Å². The lowest BCUT2D eigenvalue weighted by Gasteiger charge is -2.25. The van der Waals surface area contributed by atoms with E-state index in [1.807, 2.05) is 0 Å². The second-order valence-corrected chi connectivity index (χ2v) is 7.40. The molecule has 0 aromatic rings. The van der Waals surface area contributed by atoms with Crippen LogP contribution in [0.5, 0.6) is 0 Å². The number of carboxylic acid groups (broad SMARTS) is 1. The zero-order chi connectivity index (χ0) is 24.8. The fourth-order valence-electron chi connectivity index (χ4n) is 2.65. The van der Waals surface area contributed by atoms with Crippen LogP contribution in [0.4, 0.5) is 0 Å². The second kappa shape index (κ2) is 14.6. The van der Waals surface area contributed by atoms with Crippen LogP contribution in [0.2, 0.25) is 0 Å². The zero-order valence-corrected chi connectivity index (χ0v) is 18.3. The maximum Gasteiger partial charge on any atom is 0.303 e. The van der Waals surface area contributed by atoms with Crippen molar-refractivity contribution in [3.63, 3.8) is 0 Å². The molecule has 0 rings (SSSR count). The molecule has 3 atom stereocenters. The predicted molar refractivity (Wildman–Crippen MR) is 116 cm³/mol. The summed E-state index contributed by atoms with van der Waals surface area (Å²) in [6, 6.07) is -3.37. The van der Waals surface area contributed by atoms with Gasteiger partial charge in [0, 0.05) is 13.0 Å². The molecule has 0 aliphatic heterocycles. The van der Waals surface area contributed by atoms with Gasteiger partial charge in [-0.15, -0.1) is 0 Å². The standard InChI is InChI=1S/C18H34N8O6/c1-9(2)14(15(20)30)26-17(32)11(5-6-13(28)29)25-16(31)10(24-12(27)8-19)4-3-7-23-18(21)22/h9-11,14H,3-8,19H2,1-2H3,(H2,20,30)(H,24,27)(H,25,31)(H,26,32)(H,28,29)(H4,21,22,23)/t10-,11-,14-/m0/s1. The number of amides is 4. The maximum atomic E-state index is 12.8. The average molecular weight is 459 g/mol. The Kier molecular flexibility index (Phi) is 13.0. The van der Waals surface area contributed by atoms with Crippen LogP contribution in [0.25, 0.3) is 0 Å². The van der Waals surface area contributed by atoms with Gasteiger partial charge < -0.3 is 44.0 Å². The third-order valence-electron chi connectivity index (χ3n) is 4.33. The summed E-state index contributed by atoms with van der Waals surface area (Å²) in [5.41, 5.74) is 21.1. The van der Waals surface area contributed by atoms with E-state index in [2.05, 4.69) is 20.9 Å². The predicted octanol–water partition coefficient (Wildman–Crippen LogP) is -3.54. The fraction of sp³-hybridized carbons (Fsp3) is 0.667. The molecule has 14 heteroatoms. The Labute approximate surface area is 185 Å². The molecule has 12 N–H and O–H groups in total. The lowest BCUT2D eigenvalue weighted by atomic mass is 10.0. The number of primary amides is 1. The van der Waals surface area contributed by atoms with Crippen LogP contribution < -0.4 is 38.9 Å². The Morgan fingerprint density at radius 2 is 1.47 bits per heavy atom. The molecule has 0 aliphatic carbocycles. The highest BCUT2D eigenvalue weighted by Crippen LogP contribution is 2.06. The molecule has 182 valence electrons. The molecule has 0 aromatic heterocycles. The molecule has 0 saturated carbocycles. The van der Waals surface area contributed by atoms with Crippen LogP contribution in [0.1, 0.15) is 39.5 Å². The third-order valence-corrected chi connectivity index (χ3v) is 4.33. The molecule has 0 unspecified atom stereocenters. The van der Waals surface area contributed by atoms with E-state index in [1.165, 1.54) is 0 Å². The monoisotopic (exact) mass is 458 g/mol. The summed E-state index contributed by atoms with van der Waals surface area (Å²) >= 11 is 0. The lowest BCUT2D eigenvalue weighted by Crippen LogP contribution is -2.57. The van der Waals surface area contributed by atoms with Crippen molar-refractivity contribution in [1.29, 1.82) is 0 Å². The van der Waals surface area contributed by atoms with Crippen molar-refractivity contribution in [2.75, 3.05) is 13.1 Å². The molecular weight excluding hydrogens is 424 g/mol. The SMILES string of the molecule is CC(C)[C@H](NC(=O)[C@H](CCC(=O)O)NC(=O)[C@H](CCCN=C(N)N)NC(=O)CN)C(N)=O. The summed E-state index contributed by atoms with van der Waals surface area (Å²) in [5, 5.41) is 16.2. The van der Waals surface area contributed by atoms with Gasteiger partial charge in [0.2, 0.25) is 23.6 Å². The molecule has 32 heavy (non-hydrogen) atoms. The number of nitrogens with two attached hydrogens (primary N) is 4. The molecule has 0 spiro atoms. The van der Waals surface area contributed by atoms with Crippen molar-refractivity contribution in [1.82, 2.24) is 16.0 Å². The molecule has 14 nitrogen and oxygen atoms in total. The number of hydrogen-bond acceptors (Lipinski definition) is 7. The van der Waals surface area contributed by atoms with Crippen molar-refractivity contribution in [3.8, 4) is 0 Å². The molecule has 0 aromatic carbocycles. The Morgan fingerprint density at radius 1 is 0.906 bits per heavy atom. The second-order valence-electron chi connectivity index (χ2n) is 7.40. The zero-order valence-electron chi connectivity index (χ0n) is 18.3. The molecule has 0 radical (unpaired) electrons. The number of nitrogens with zero attached hydrogens (tertiary/aromatic N) is 1. The average Bonchev–Trinajstić information content (AvgIpc) is 2.69. The number of carbonyl (C=O) groups excluding carboxylic acids is 4. The first-order valence-electron chi connectivity index (χ1n) is 10.1. The number of rotatable bonds is 15. The van der Waals surface area contributed by atoms with Crippen LogP contribution in [0, 0.1) is 5.92 Å². The van der Waals surface area contributed by atoms with Crippen LogP contribution in [-0.4, -0.2) is 71.9 Å². The minimum absolute atomic E-state index is 0.123. The first kappa shape index (κ1) is 28.6. The highest BCUT2D eigenvalue weighted by molar-refractivity contribution is 5.94. The third kappa shape index (κ3) is 11.7. The first-order valence-corrected chi connectivity index (χ1v) is 10.1. The van der Waals surface area contributed by atoms with Crippen LogP contribution in [0.15, 0.2) is 4.99 Å². The van der Waals surface area contributed by atoms with E-state index in [9.17, 15) is 24.0 Å². The minimum Gasteiger partial charge on any atom is -0.481 e. The summed E-state index contributed by atoms with van der Waals surface area (Å²) in [6.07, 6.45) is -0.227. The number of nitrogens with one attached hydrogen (secondary N) is 3. The normalized spacial score (nSPS) is 13.4. The van der Waals surface area contributed by atoms with E-state index in [0.29, 0.717) is 6.42 Å². The van der Waals surface area contributed by atoms with Crippen LogP contribution in [-0.2, 0) is 24.0 Å². The van der Waals surface area contributed by atoms with Gasteiger partial charge in [-0.05, 0) is 25.2 Å². The maximum absolute atomic E-state index is 12.8. The van der Waals surface area contributed by atoms with Gasteiger partial charge in [-0.25, -0.2) is 0 Å². The van der Waals surface area contributed by atoms with Crippen LogP contribution >= 0.6 is 0 Å². The lowest BCUT2D eigenvalue weighted by molar-refractivity contribution is -0.138. The van der Waals surface area contributed by atoms with Crippen molar-refractivity contribution in [2.45, 2.75) is 57.7 Å². The number of carboxylic acids is 1. The van der Waals surface area contributed by atoms with Gasteiger partial charge in [0.15, 0.2) is 5.96 Å². The van der Waals surface area contributed by atoms with E-state index < -0.39 is 54.1 Å². The van der Waals surface area contributed by atoms with Crippen LogP contribution in [0.3, 0.4) is 0 Å².